The Bertz CT molecular complexity index is 306. The first-order chi connectivity index (χ1) is 7.72. The van der Waals surface area contributed by atoms with E-state index in [0.717, 1.165) is 25.6 Å². The molecule has 17 heavy (non-hydrogen) atoms. The van der Waals surface area contributed by atoms with Crippen molar-refractivity contribution in [3.63, 3.8) is 0 Å². The van der Waals surface area contributed by atoms with Crippen LogP contribution in [-0.2, 0) is 6.54 Å². The number of aromatic nitrogens is 1. The van der Waals surface area contributed by atoms with E-state index in [1.165, 1.54) is 0 Å². The Morgan fingerprint density at radius 1 is 1.24 bits per heavy atom. The van der Waals surface area contributed by atoms with Gasteiger partial charge in [-0.15, -0.1) is 24.0 Å². The monoisotopic (exact) mass is 350 g/mol. The molecular weight excluding hydrogens is 327 g/mol. The number of hydrogen-bond acceptors (Lipinski definition) is 1. The molecular formula is C12H23IN4. The zero-order valence-electron chi connectivity index (χ0n) is 10.8. The van der Waals surface area contributed by atoms with Gasteiger partial charge in [0.2, 0.25) is 0 Å². The van der Waals surface area contributed by atoms with Crippen LogP contribution in [0, 0.1) is 5.92 Å². The molecule has 0 saturated carbocycles. The molecule has 1 rings (SSSR count). The molecule has 0 spiro atoms. The van der Waals surface area contributed by atoms with Crippen LogP contribution in [0.3, 0.4) is 0 Å². The normalized spacial score (nSPS) is 11.2. The number of nitrogens with zero attached hydrogens (tertiary/aromatic N) is 2. The van der Waals surface area contributed by atoms with E-state index in [0.29, 0.717) is 5.92 Å². The molecule has 0 unspecified atom stereocenters. The van der Waals surface area contributed by atoms with Gasteiger partial charge in [-0.1, -0.05) is 13.8 Å². The predicted octanol–water partition coefficient (Wildman–Crippen LogP) is 1.93. The molecule has 1 aromatic rings. The van der Waals surface area contributed by atoms with Crippen molar-refractivity contribution in [1.82, 2.24) is 15.2 Å². The minimum atomic E-state index is 0. The van der Waals surface area contributed by atoms with Crippen LogP contribution in [0.25, 0.3) is 0 Å². The van der Waals surface area contributed by atoms with Crippen LogP contribution < -0.4 is 10.6 Å². The van der Waals surface area contributed by atoms with E-state index in [-0.39, 0.29) is 24.0 Å². The minimum Gasteiger partial charge on any atom is -0.356 e. The van der Waals surface area contributed by atoms with E-state index < -0.39 is 0 Å². The van der Waals surface area contributed by atoms with E-state index in [1.54, 1.807) is 7.05 Å². The van der Waals surface area contributed by atoms with E-state index >= 15 is 0 Å². The van der Waals surface area contributed by atoms with Gasteiger partial charge in [-0.25, -0.2) is 0 Å². The highest BCUT2D eigenvalue weighted by molar-refractivity contribution is 14.0. The second-order valence-corrected chi connectivity index (χ2v) is 4.19. The summed E-state index contributed by atoms with van der Waals surface area (Å²) in [6.07, 6.45) is 4.12. The van der Waals surface area contributed by atoms with Crippen LogP contribution >= 0.6 is 24.0 Å². The van der Waals surface area contributed by atoms with Crippen LogP contribution in [0.1, 0.15) is 13.8 Å². The van der Waals surface area contributed by atoms with Crippen molar-refractivity contribution in [2.75, 3.05) is 20.1 Å². The highest BCUT2D eigenvalue weighted by atomic mass is 127. The predicted molar refractivity (Wildman–Crippen MR) is 84.0 cm³/mol. The maximum atomic E-state index is 4.16. The fourth-order valence-electron chi connectivity index (χ4n) is 1.34. The molecule has 0 aliphatic carbocycles. The number of halogens is 1. The molecule has 0 atom stereocenters. The van der Waals surface area contributed by atoms with Gasteiger partial charge in [0.1, 0.15) is 0 Å². The van der Waals surface area contributed by atoms with Gasteiger partial charge in [-0.3, -0.25) is 4.99 Å². The maximum Gasteiger partial charge on any atom is 0.191 e. The topological polar surface area (TPSA) is 41.4 Å². The second kappa shape index (κ2) is 9.32. The third-order valence-electron chi connectivity index (χ3n) is 2.23. The van der Waals surface area contributed by atoms with Crippen molar-refractivity contribution in [1.29, 1.82) is 0 Å². The molecule has 5 heteroatoms. The van der Waals surface area contributed by atoms with Gasteiger partial charge in [0.05, 0.1) is 0 Å². The Hall–Kier alpha value is -0.720. The Morgan fingerprint density at radius 2 is 1.88 bits per heavy atom. The second-order valence-electron chi connectivity index (χ2n) is 4.19. The molecule has 0 bridgehead atoms. The largest absolute Gasteiger partial charge is 0.356 e. The Labute approximate surface area is 121 Å². The van der Waals surface area contributed by atoms with Crippen molar-refractivity contribution in [2.24, 2.45) is 10.9 Å². The van der Waals surface area contributed by atoms with Crippen molar-refractivity contribution >= 4 is 29.9 Å². The lowest BCUT2D eigenvalue weighted by Crippen LogP contribution is -2.40. The summed E-state index contributed by atoms with van der Waals surface area (Å²) >= 11 is 0. The smallest absolute Gasteiger partial charge is 0.191 e. The molecule has 1 aromatic heterocycles. The first-order valence-electron chi connectivity index (χ1n) is 5.77. The SMILES string of the molecule is CN=C(NCCn1cccc1)NCC(C)C.I. The first-order valence-corrected chi connectivity index (χ1v) is 5.77. The number of hydrogen-bond donors (Lipinski definition) is 2. The summed E-state index contributed by atoms with van der Waals surface area (Å²) in [5.41, 5.74) is 0. The molecule has 98 valence electrons. The van der Waals surface area contributed by atoms with Crippen LogP contribution in [-0.4, -0.2) is 30.7 Å². The summed E-state index contributed by atoms with van der Waals surface area (Å²) in [4.78, 5) is 4.16. The lowest BCUT2D eigenvalue weighted by Gasteiger charge is -2.13. The molecule has 0 aliphatic rings. The molecule has 4 nitrogen and oxygen atoms in total. The minimum absolute atomic E-state index is 0. The summed E-state index contributed by atoms with van der Waals surface area (Å²) in [6.45, 7) is 7.14. The lowest BCUT2D eigenvalue weighted by molar-refractivity contribution is 0.606. The van der Waals surface area contributed by atoms with Crippen LogP contribution in [0.4, 0.5) is 0 Å². The van der Waals surface area contributed by atoms with Crippen molar-refractivity contribution in [3.05, 3.63) is 24.5 Å². The number of aliphatic imine (C=N–C) groups is 1. The number of rotatable bonds is 5. The third-order valence-corrected chi connectivity index (χ3v) is 2.23. The summed E-state index contributed by atoms with van der Waals surface area (Å²) in [5.74, 6) is 1.50. The number of guanidine groups is 1. The fraction of sp³-hybridized carbons (Fsp3) is 0.583. The molecule has 0 radical (unpaired) electrons. The zero-order chi connectivity index (χ0) is 11.8. The lowest BCUT2D eigenvalue weighted by atomic mass is 10.2. The highest BCUT2D eigenvalue weighted by Crippen LogP contribution is 1.89. The summed E-state index contributed by atoms with van der Waals surface area (Å²) in [7, 11) is 1.80. The average molecular weight is 350 g/mol. The molecule has 0 fully saturated rings. The van der Waals surface area contributed by atoms with Gasteiger partial charge in [0, 0.05) is 39.1 Å². The van der Waals surface area contributed by atoms with Gasteiger partial charge in [0.15, 0.2) is 5.96 Å². The van der Waals surface area contributed by atoms with Crippen molar-refractivity contribution in [2.45, 2.75) is 20.4 Å². The van der Waals surface area contributed by atoms with Crippen LogP contribution in [0.2, 0.25) is 0 Å². The van der Waals surface area contributed by atoms with Gasteiger partial charge in [0.25, 0.3) is 0 Å². The Kier molecular flexibility index (Phi) is 8.93. The van der Waals surface area contributed by atoms with Gasteiger partial charge in [-0.05, 0) is 18.1 Å². The summed E-state index contributed by atoms with van der Waals surface area (Å²) in [6, 6.07) is 4.07. The summed E-state index contributed by atoms with van der Waals surface area (Å²) in [5, 5.41) is 6.56. The van der Waals surface area contributed by atoms with Crippen molar-refractivity contribution < 1.29 is 0 Å². The Balaban J connectivity index is 0.00000256. The fourth-order valence-corrected chi connectivity index (χ4v) is 1.34. The maximum absolute atomic E-state index is 4.16. The standard InChI is InChI=1S/C12H22N4.HI/c1-11(2)10-15-12(13-3)14-6-9-16-7-4-5-8-16;/h4-5,7-8,11H,6,9-10H2,1-3H3,(H2,13,14,15);1H. The summed E-state index contributed by atoms with van der Waals surface area (Å²) < 4.78 is 2.14. The van der Waals surface area contributed by atoms with E-state index in [1.807, 2.05) is 12.1 Å². The Morgan fingerprint density at radius 3 is 2.41 bits per heavy atom. The highest BCUT2D eigenvalue weighted by Gasteiger charge is 1.98. The number of nitrogens with one attached hydrogen (secondary N) is 2. The average Bonchev–Trinajstić information content (AvgIpc) is 2.75. The van der Waals surface area contributed by atoms with E-state index in [9.17, 15) is 0 Å². The zero-order valence-corrected chi connectivity index (χ0v) is 13.1. The van der Waals surface area contributed by atoms with Gasteiger partial charge >= 0.3 is 0 Å². The van der Waals surface area contributed by atoms with Gasteiger partial charge < -0.3 is 15.2 Å². The van der Waals surface area contributed by atoms with E-state index in [4.69, 9.17) is 0 Å². The molecule has 0 aromatic carbocycles. The molecule has 0 saturated heterocycles. The first kappa shape index (κ1) is 16.3. The third kappa shape index (κ3) is 7.25. The molecule has 0 amide bonds. The van der Waals surface area contributed by atoms with Crippen LogP contribution in [0.5, 0.6) is 0 Å². The van der Waals surface area contributed by atoms with Gasteiger partial charge in [-0.2, -0.15) is 0 Å². The van der Waals surface area contributed by atoms with Crippen molar-refractivity contribution in [3.8, 4) is 0 Å². The quantitative estimate of drug-likeness (QED) is 0.484. The molecule has 2 N–H and O–H groups in total. The molecule has 1 heterocycles. The van der Waals surface area contributed by atoms with Crippen LogP contribution in [0.15, 0.2) is 29.5 Å². The molecule has 0 aliphatic heterocycles. The van der Waals surface area contributed by atoms with E-state index in [2.05, 4.69) is 46.4 Å².